The molecule has 1 aliphatic carbocycles. The van der Waals surface area contributed by atoms with Gasteiger partial charge in [0.2, 0.25) is 5.91 Å². The summed E-state index contributed by atoms with van der Waals surface area (Å²) in [6.07, 6.45) is 8.30. The van der Waals surface area contributed by atoms with Crippen molar-refractivity contribution in [3.63, 3.8) is 0 Å². The molecular weight excluding hydrogens is 639 g/mol. The van der Waals surface area contributed by atoms with Gasteiger partial charge in [0.05, 0.1) is 34.8 Å². The Hall–Kier alpha value is -4.18. The van der Waals surface area contributed by atoms with Gasteiger partial charge in [0.15, 0.2) is 0 Å². The first-order valence-electron chi connectivity index (χ1n) is 14.9. The number of rotatable bonds is 5. The number of thiophene rings is 1. The lowest BCUT2D eigenvalue weighted by Crippen LogP contribution is -2.49. The largest absolute Gasteiger partial charge is 0.444 e. The molecule has 236 valence electrons. The van der Waals surface area contributed by atoms with Crippen LogP contribution in [0.5, 0.6) is 0 Å². The van der Waals surface area contributed by atoms with Crippen molar-refractivity contribution < 1.29 is 19.1 Å². The average Bonchev–Trinajstić information content (AvgIpc) is 3.37. The minimum Gasteiger partial charge on any atom is -0.444 e. The second-order valence-electron chi connectivity index (χ2n) is 11.9. The second-order valence-corrected chi connectivity index (χ2v) is 15.3. The number of urea groups is 1. The van der Waals surface area contributed by atoms with Gasteiger partial charge in [-0.2, -0.15) is 5.26 Å². The number of benzene rings is 2. The number of thioether (sulfide) groups is 2. The zero-order valence-corrected chi connectivity index (χ0v) is 28.1. The highest BCUT2D eigenvalue weighted by atomic mass is 32.2. The van der Waals surface area contributed by atoms with Crippen LogP contribution in [0.4, 0.5) is 26.0 Å². The lowest BCUT2D eigenvalue weighted by Gasteiger charge is -2.40. The first-order chi connectivity index (χ1) is 22.1. The number of allylic oxidation sites excluding steroid dienone is 2. The van der Waals surface area contributed by atoms with Gasteiger partial charge in [-0.15, -0.1) is 34.9 Å². The molecule has 12 heteroatoms. The molecule has 0 fully saturated rings. The van der Waals surface area contributed by atoms with Gasteiger partial charge >= 0.3 is 12.1 Å². The van der Waals surface area contributed by atoms with E-state index in [2.05, 4.69) is 28.9 Å². The van der Waals surface area contributed by atoms with Gasteiger partial charge in [0, 0.05) is 26.9 Å². The standard InChI is InChI=1S/C34H33N5O4S3/c1-34(2,3)43-33(42)38-16-15-23-24(18-35)31(46-29(23)19-38)37-30(40)20-44-22-10-8-9-21(17-22)36-32(41)39-25-11-4-6-13-27(25)45-28-14-7-5-12-26(28)39/h4-14,17,25,27H,15-16,19-20H2,1-3H3,(H,36,41)(H,37,40). The summed E-state index contributed by atoms with van der Waals surface area (Å²) in [5, 5.41) is 16.5. The highest BCUT2D eigenvalue weighted by Gasteiger charge is 2.37. The molecule has 2 atom stereocenters. The minimum absolute atomic E-state index is 0.104. The van der Waals surface area contributed by atoms with Crippen LogP contribution in [0.2, 0.25) is 0 Å². The van der Waals surface area contributed by atoms with Crippen molar-refractivity contribution >= 4 is 69.3 Å². The fourth-order valence-corrected chi connectivity index (χ4v) is 8.72. The third-order valence-electron chi connectivity index (χ3n) is 7.49. The first kappa shape index (κ1) is 31.8. The van der Waals surface area contributed by atoms with Crippen LogP contribution in [0.25, 0.3) is 0 Å². The second kappa shape index (κ2) is 13.3. The van der Waals surface area contributed by atoms with Gasteiger partial charge in [0.1, 0.15) is 16.7 Å². The number of hydrogen-bond acceptors (Lipinski definition) is 8. The van der Waals surface area contributed by atoms with E-state index in [1.807, 2.05) is 86.4 Å². The monoisotopic (exact) mass is 671 g/mol. The number of amides is 4. The maximum Gasteiger partial charge on any atom is 0.410 e. The molecule has 3 aliphatic rings. The molecule has 6 rings (SSSR count). The molecule has 2 aromatic carbocycles. The number of carbonyl (C=O) groups excluding carboxylic acids is 3. The van der Waals surface area contributed by atoms with E-state index in [1.54, 1.807) is 16.7 Å². The Balaban J connectivity index is 1.08. The fourth-order valence-electron chi connectivity index (χ4n) is 5.48. The number of anilines is 3. The Labute approximate surface area is 280 Å². The molecule has 0 radical (unpaired) electrons. The van der Waals surface area contributed by atoms with Crippen LogP contribution in [-0.2, 0) is 22.5 Å². The summed E-state index contributed by atoms with van der Waals surface area (Å²) in [4.78, 5) is 45.4. The molecular formula is C34H33N5O4S3. The number of nitriles is 1. The number of fused-ring (bicyclic) bond motifs is 3. The molecule has 2 aliphatic heterocycles. The van der Waals surface area contributed by atoms with E-state index in [4.69, 9.17) is 4.74 Å². The van der Waals surface area contributed by atoms with E-state index in [9.17, 15) is 19.6 Å². The maximum atomic E-state index is 13.7. The topological polar surface area (TPSA) is 115 Å². The molecule has 0 saturated carbocycles. The molecule has 4 amide bonds. The van der Waals surface area contributed by atoms with Crippen LogP contribution in [0.15, 0.2) is 82.6 Å². The Morgan fingerprint density at radius 3 is 2.70 bits per heavy atom. The van der Waals surface area contributed by atoms with Crippen LogP contribution < -0.4 is 15.5 Å². The predicted molar refractivity (Wildman–Crippen MR) is 185 cm³/mol. The number of hydrogen-bond donors (Lipinski definition) is 2. The molecule has 46 heavy (non-hydrogen) atoms. The maximum absolute atomic E-state index is 13.7. The van der Waals surface area contributed by atoms with Crippen molar-refractivity contribution in [2.24, 2.45) is 0 Å². The van der Waals surface area contributed by atoms with Crippen molar-refractivity contribution in [2.75, 3.05) is 27.8 Å². The smallest absolute Gasteiger partial charge is 0.410 e. The van der Waals surface area contributed by atoms with Crippen LogP contribution in [0.1, 0.15) is 36.8 Å². The van der Waals surface area contributed by atoms with Gasteiger partial charge in [-0.3, -0.25) is 9.69 Å². The summed E-state index contributed by atoms with van der Waals surface area (Å²) in [7, 11) is 0. The number of nitrogens with zero attached hydrogens (tertiary/aromatic N) is 3. The normalized spacial score (nSPS) is 18.1. The molecule has 3 aromatic rings. The Kier molecular flexibility index (Phi) is 9.18. The van der Waals surface area contributed by atoms with E-state index in [0.717, 1.165) is 25.9 Å². The molecule has 2 N–H and O–H groups in total. The third kappa shape index (κ3) is 6.97. The molecule has 0 spiro atoms. The van der Waals surface area contributed by atoms with Crippen LogP contribution >= 0.6 is 34.9 Å². The van der Waals surface area contributed by atoms with Crippen molar-refractivity contribution in [3.05, 3.63) is 88.8 Å². The van der Waals surface area contributed by atoms with Crippen molar-refractivity contribution in [1.82, 2.24) is 4.90 Å². The number of nitrogens with one attached hydrogen (secondary N) is 2. The third-order valence-corrected chi connectivity index (χ3v) is 10.9. The molecule has 3 heterocycles. The zero-order valence-electron chi connectivity index (χ0n) is 25.6. The van der Waals surface area contributed by atoms with Crippen LogP contribution in [0, 0.1) is 11.3 Å². The average molecular weight is 672 g/mol. The van der Waals surface area contributed by atoms with E-state index >= 15 is 0 Å². The Morgan fingerprint density at radius 2 is 1.89 bits per heavy atom. The van der Waals surface area contributed by atoms with E-state index in [0.29, 0.717) is 35.8 Å². The summed E-state index contributed by atoms with van der Waals surface area (Å²) in [5.41, 5.74) is 2.23. The predicted octanol–water partition coefficient (Wildman–Crippen LogP) is 7.65. The fraction of sp³-hybridized carbons (Fsp3) is 0.294. The molecule has 2 unspecified atom stereocenters. The van der Waals surface area contributed by atoms with E-state index in [-0.39, 0.29) is 29.0 Å². The summed E-state index contributed by atoms with van der Waals surface area (Å²) in [6.45, 7) is 6.26. The molecule has 0 saturated heterocycles. The summed E-state index contributed by atoms with van der Waals surface area (Å²) in [5.74, 6) is -0.129. The van der Waals surface area contributed by atoms with Gasteiger partial charge in [0.25, 0.3) is 0 Å². The Morgan fingerprint density at radius 1 is 1.09 bits per heavy atom. The van der Waals surface area contributed by atoms with E-state index in [1.165, 1.54) is 23.1 Å². The highest BCUT2D eigenvalue weighted by Crippen LogP contribution is 2.44. The van der Waals surface area contributed by atoms with Crippen molar-refractivity contribution in [3.8, 4) is 6.07 Å². The first-order valence-corrected chi connectivity index (χ1v) is 17.5. The number of carbonyl (C=O) groups is 3. The number of ether oxygens (including phenoxy) is 1. The van der Waals surface area contributed by atoms with Crippen molar-refractivity contribution in [1.29, 1.82) is 5.26 Å². The minimum atomic E-state index is -0.598. The number of para-hydroxylation sites is 1. The van der Waals surface area contributed by atoms with Crippen LogP contribution in [-0.4, -0.2) is 52.1 Å². The highest BCUT2D eigenvalue weighted by molar-refractivity contribution is 8.00. The summed E-state index contributed by atoms with van der Waals surface area (Å²) in [6, 6.07) is 17.3. The SMILES string of the molecule is CC(C)(C)OC(=O)N1CCc2c(sc(NC(=O)CSc3cccc(NC(=O)N4c5ccccc5SC5C=CC=CC54)c3)c2C#N)C1. The van der Waals surface area contributed by atoms with E-state index < -0.39 is 11.7 Å². The van der Waals surface area contributed by atoms with Crippen molar-refractivity contribution in [2.45, 2.75) is 60.4 Å². The lowest BCUT2D eigenvalue weighted by molar-refractivity contribution is -0.113. The summed E-state index contributed by atoms with van der Waals surface area (Å²) < 4.78 is 5.51. The zero-order chi connectivity index (χ0) is 32.4. The molecule has 9 nitrogen and oxygen atoms in total. The lowest BCUT2D eigenvalue weighted by atomic mass is 10.0. The summed E-state index contributed by atoms with van der Waals surface area (Å²) >= 11 is 4.42. The van der Waals surface area contributed by atoms with Crippen LogP contribution in [0.3, 0.4) is 0 Å². The molecule has 0 bridgehead atoms. The van der Waals surface area contributed by atoms with Gasteiger partial charge in [-0.05, 0) is 63.1 Å². The quantitative estimate of drug-likeness (QED) is 0.268. The van der Waals surface area contributed by atoms with Gasteiger partial charge in [-0.1, -0.05) is 42.5 Å². The Bertz CT molecular complexity index is 1790. The van der Waals surface area contributed by atoms with Gasteiger partial charge < -0.3 is 20.3 Å². The van der Waals surface area contributed by atoms with Gasteiger partial charge in [-0.25, -0.2) is 9.59 Å². The molecule has 1 aromatic heterocycles.